The SMILES string of the molecule is CC1(C)COc2cc(C(C)(C)N)cc(Cl)c2OC1. The van der Waals surface area contributed by atoms with Crippen molar-refractivity contribution in [1.29, 1.82) is 0 Å². The Bertz CT molecular complexity index is 464. The van der Waals surface area contributed by atoms with Gasteiger partial charge in [-0.1, -0.05) is 25.4 Å². The maximum Gasteiger partial charge on any atom is 0.179 e. The lowest BCUT2D eigenvalue weighted by atomic mass is 9.95. The van der Waals surface area contributed by atoms with Crippen LogP contribution in [0.4, 0.5) is 0 Å². The fourth-order valence-electron chi connectivity index (χ4n) is 1.77. The lowest BCUT2D eigenvalue weighted by Crippen LogP contribution is -2.28. The fraction of sp³-hybridized carbons (Fsp3) is 0.571. The topological polar surface area (TPSA) is 44.5 Å². The van der Waals surface area contributed by atoms with E-state index in [0.29, 0.717) is 29.7 Å². The van der Waals surface area contributed by atoms with Crippen molar-refractivity contribution in [3.63, 3.8) is 0 Å². The summed E-state index contributed by atoms with van der Waals surface area (Å²) in [5, 5.41) is 0.554. The van der Waals surface area contributed by atoms with Gasteiger partial charge >= 0.3 is 0 Å². The third-order valence-corrected chi connectivity index (χ3v) is 3.26. The van der Waals surface area contributed by atoms with E-state index in [1.807, 2.05) is 26.0 Å². The highest BCUT2D eigenvalue weighted by Crippen LogP contribution is 2.41. The Balaban J connectivity index is 2.43. The third kappa shape index (κ3) is 2.73. The van der Waals surface area contributed by atoms with Gasteiger partial charge in [-0.15, -0.1) is 0 Å². The fourth-order valence-corrected chi connectivity index (χ4v) is 2.04. The molecule has 0 amide bonds. The Hall–Kier alpha value is -0.930. The van der Waals surface area contributed by atoms with E-state index in [9.17, 15) is 0 Å². The van der Waals surface area contributed by atoms with Crippen molar-refractivity contribution in [2.75, 3.05) is 13.2 Å². The first-order valence-electron chi connectivity index (χ1n) is 6.08. The van der Waals surface area contributed by atoms with Crippen LogP contribution in [0.15, 0.2) is 12.1 Å². The van der Waals surface area contributed by atoms with E-state index in [1.165, 1.54) is 0 Å². The zero-order valence-electron chi connectivity index (χ0n) is 11.3. The number of halogens is 1. The van der Waals surface area contributed by atoms with Crippen molar-refractivity contribution < 1.29 is 9.47 Å². The molecule has 0 radical (unpaired) electrons. The van der Waals surface area contributed by atoms with Crippen molar-refractivity contribution in [3.8, 4) is 11.5 Å². The zero-order valence-corrected chi connectivity index (χ0v) is 12.1. The summed E-state index contributed by atoms with van der Waals surface area (Å²) in [5.74, 6) is 1.30. The molecular formula is C14H20ClNO2. The second kappa shape index (κ2) is 4.32. The van der Waals surface area contributed by atoms with E-state index < -0.39 is 5.54 Å². The molecule has 1 aliphatic heterocycles. The van der Waals surface area contributed by atoms with Crippen LogP contribution < -0.4 is 15.2 Å². The molecule has 0 spiro atoms. The molecule has 0 bridgehead atoms. The van der Waals surface area contributed by atoms with Crippen molar-refractivity contribution in [2.45, 2.75) is 33.2 Å². The number of nitrogens with two attached hydrogens (primary N) is 1. The van der Waals surface area contributed by atoms with Gasteiger partial charge in [0.05, 0.1) is 18.2 Å². The zero-order chi connectivity index (χ0) is 13.6. The van der Waals surface area contributed by atoms with E-state index in [4.69, 9.17) is 26.8 Å². The predicted octanol–water partition coefficient (Wildman–Crippen LogP) is 3.33. The second-order valence-corrected chi connectivity index (χ2v) is 6.66. The molecule has 0 fully saturated rings. The number of hydrogen-bond donors (Lipinski definition) is 1. The molecule has 0 unspecified atom stereocenters. The highest BCUT2D eigenvalue weighted by molar-refractivity contribution is 6.32. The van der Waals surface area contributed by atoms with Crippen LogP contribution in [0.1, 0.15) is 33.3 Å². The van der Waals surface area contributed by atoms with Crippen LogP contribution in [-0.2, 0) is 5.54 Å². The monoisotopic (exact) mass is 269 g/mol. The Morgan fingerprint density at radius 3 is 2.44 bits per heavy atom. The minimum atomic E-state index is -0.455. The summed E-state index contributed by atoms with van der Waals surface area (Å²) in [5.41, 5.74) is 6.55. The quantitative estimate of drug-likeness (QED) is 0.850. The molecule has 0 saturated heterocycles. The van der Waals surface area contributed by atoms with Crippen LogP contribution in [0.25, 0.3) is 0 Å². The smallest absolute Gasteiger partial charge is 0.179 e. The average Bonchev–Trinajstić information content (AvgIpc) is 2.37. The van der Waals surface area contributed by atoms with Gasteiger partial charge in [0.2, 0.25) is 0 Å². The number of ether oxygens (including phenoxy) is 2. The lowest BCUT2D eigenvalue weighted by Gasteiger charge is -2.21. The molecule has 1 aromatic rings. The van der Waals surface area contributed by atoms with E-state index >= 15 is 0 Å². The molecule has 3 nitrogen and oxygen atoms in total. The molecular weight excluding hydrogens is 250 g/mol. The predicted molar refractivity (Wildman–Crippen MR) is 73.4 cm³/mol. The van der Waals surface area contributed by atoms with E-state index in [1.54, 1.807) is 0 Å². The van der Waals surface area contributed by atoms with Crippen LogP contribution in [0.5, 0.6) is 11.5 Å². The van der Waals surface area contributed by atoms with Gasteiger partial charge in [-0.3, -0.25) is 0 Å². The molecule has 2 N–H and O–H groups in total. The van der Waals surface area contributed by atoms with Crippen LogP contribution in [0.3, 0.4) is 0 Å². The molecule has 100 valence electrons. The molecule has 0 saturated carbocycles. The highest BCUT2D eigenvalue weighted by Gasteiger charge is 2.28. The van der Waals surface area contributed by atoms with Crippen molar-refractivity contribution >= 4 is 11.6 Å². The Labute approximate surface area is 113 Å². The summed E-state index contributed by atoms with van der Waals surface area (Å²) in [6.07, 6.45) is 0. The first-order chi connectivity index (χ1) is 8.19. The van der Waals surface area contributed by atoms with Crippen LogP contribution in [0, 0.1) is 5.41 Å². The van der Waals surface area contributed by atoms with Gasteiger partial charge in [-0.25, -0.2) is 0 Å². The second-order valence-electron chi connectivity index (χ2n) is 6.25. The van der Waals surface area contributed by atoms with Gasteiger partial charge in [0, 0.05) is 11.0 Å². The molecule has 2 rings (SSSR count). The largest absolute Gasteiger partial charge is 0.489 e. The summed E-state index contributed by atoms with van der Waals surface area (Å²) < 4.78 is 11.6. The first-order valence-corrected chi connectivity index (χ1v) is 6.45. The number of rotatable bonds is 1. The van der Waals surface area contributed by atoms with Crippen molar-refractivity contribution in [1.82, 2.24) is 0 Å². The Morgan fingerprint density at radius 1 is 1.22 bits per heavy atom. The van der Waals surface area contributed by atoms with Gasteiger partial charge in [-0.05, 0) is 31.5 Å². The summed E-state index contributed by atoms with van der Waals surface area (Å²) >= 11 is 6.26. The number of fused-ring (bicyclic) bond motifs is 1. The minimum absolute atomic E-state index is 0.0270. The summed E-state index contributed by atoms with van der Waals surface area (Å²) in [4.78, 5) is 0. The average molecular weight is 270 g/mol. The lowest BCUT2D eigenvalue weighted by molar-refractivity contribution is 0.140. The van der Waals surface area contributed by atoms with Gasteiger partial charge in [0.15, 0.2) is 11.5 Å². The van der Waals surface area contributed by atoms with Gasteiger partial charge < -0.3 is 15.2 Å². The molecule has 0 aliphatic carbocycles. The molecule has 4 heteroatoms. The normalized spacial score (nSPS) is 18.3. The molecule has 0 aromatic heterocycles. The maximum absolute atomic E-state index is 6.26. The molecule has 0 atom stereocenters. The maximum atomic E-state index is 6.26. The Kier molecular flexibility index (Phi) is 3.24. The molecule has 1 aromatic carbocycles. The highest BCUT2D eigenvalue weighted by atomic mass is 35.5. The summed E-state index contributed by atoms with van der Waals surface area (Å²) in [6.45, 7) is 9.26. The number of hydrogen-bond acceptors (Lipinski definition) is 3. The number of benzene rings is 1. The molecule has 1 aliphatic rings. The van der Waals surface area contributed by atoms with Crippen molar-refractivity contribution in [2.24, 2.45) is 11.1 Å². The summed E-state index contributed by atoms with van der Waals surface area (Å²) in [7, 11) is 0. The first kappa shape index (κ1) is 13.5. The standard InChI is InChI=1S/C14H20ClNO2/c1-13(2)7-17-11-6-9(14(3,4)16)5-10(15)12(11)18-8-13/h5-6H,7-8,16H2,1-4H3. The van der Waals surface area contributed by atoms with E-state index in [0.717, 1.165) is 5.56 Å². The van der Waals surface area contributed by atoms with Gasteiger partial charge in [-0.2, -0.15) is 0 Å². The minimum Gasteiger partial charge on any atom is -0.489 e. The van der Waals surface area contributed by atoms with E-state index in [-0.39, 0.29) is 5.41 Å². The third-order valence-electron chi connectivity index (χ3n) is 2.98. The van der Waals surface area contributed by atoms with Crippen LogP contribution in [-0.4, -0.2) is 13.2 Å². The van der Waals surface area contributed by atoms with Crippen LogP contribution >= 0.6 is 11.6 Å². The van der Waals surface area contributed by atoms with Gasteiger partial charge in [0.25, 0.3) is 0 Å². The molecule has 1 heterocycles. The molecule has 18 heavy (non-hydrogen) atoms. The van der Waals surface area contributed by atoms with Crippen molar-refractivity contribution in [3.05, 3.63) is 22.7 Å². The Morgan fingerprint density at radius 2 is 1.83 bits per heavy atom. The van der Waals surface area contributed by atoms with Gasteiger partial charge in [0.1, 0.15) is 0 Å². The van der Waals surface area contributed by atoms with Crippen LogP contribution in [0.2, 0.25) is 5.02 Å². The summed E-state index contributed by atoms with van der Waals surface area (Å²) in [6, 6.07) is 3.77. The van der Waals surface area contributed by atoms with E-state index in [2.05, 4.69) is 13.8 Å².